The van der Waals surface area contributed by atoms with Crippen LogP contribution in [0.2, 0.25) is 0 Å². The Kier molecular flexibility index (Phi) is 5.37. The number of nitrogens with zero attached hydrogens (tertiary/aromatic N) is 6. The molecule has 7 heteroatoms. The van der Waals surface area contributed by atoms with Crippen LogP contribution in [0, 0.1) is 0 Å². The predicted octanol–water partition coefficient (Wildman–Crippen LogP) is 7.71. The fourth-order valence-electron chi connectivity index (χ4n) is 9.28. The lowest BCUT2D eigenvalue weighted by Gasteiger charge is -2.45. The van der Waals surface area contributed by atoms with Gasteiger partial charge in [-0.2, -0.15) is 0 Å². The van der Waals surface area contributed by atoms with E-state index in [2.05, 4.69) is 165 Å². The van der Waals surface area contributed by atoms with E-state index in [0.29, 0.717) is 0 Å². The monoisotopic (exact) mass is 628 g/mol. The van der Waals surface area contributed by atoms with Crippen molar-refractivity contribution in [1.29, 1.82) is 0 Å². The first kappa shape index (κ1) is 26.5. The van der Waals surface area contributed by atoms with Crippen LogP contribution in [0.5, 0.6) is 0 Å². The summed E-state index contributed by atoms with van der Waals surface area (Å²) in [5.74, 6) is 0.0141. The van der Waals surface area contributed by atoms with Crippen LogP contribution >= 0.6 is 0 Å². The average molecular weight is 629 g/mol. The molecule has 0 fully saturated rings. The van der Waals surface area contributed by atoms with Gasteiger partial charge in [-0.1, -0.05) is 66.7 Å². The quantitative estimate of drug-likeness (QED) is 0.163. The molecule has 1 aromatic heterocycles. The van der Waals surface area contributed by atoms with E-state index >= 15 is 0 Å². The van der Waals surface area contributed by atoms with Gasteiger partial charge in [0.15, 0.2) is 5.58 Å². The first-order valence-corrected chi connectivity index (χ1v) is 17.2. The standard InChI is InChI=1S/C41H36N6O/c1-42-19-22-47-39-31(16-15-29-28-10-4-7-14-35(28)48-40(29)39)38-30-11-3-6-13-34(30)46-24-21-43-17-8-18-44-20-23-45(37(44)26-32(38)41(42)47)33-12-5-2-9-27(33)25-36(43)46/h2-7,9-16,19-24,26,36-38,41H,8,17-18,25H2,1H3/b32-26-. The largest absolute Gasteiger partial charge is 0.454 e. The molecule has 48 heavy (non-hydrogen) atoms. The third-order valence-electron chi connectivity index (χ3n) is 11.4. The molecule has 11 rings (SSSR count). The molecule has 236 valence electrons. The zero-order valence-electron chi connectivity index (χ0n) is 26.9. The molecular weight excluding hydrogens is 592 g/mol. The van der Waals surface area contributed by atoms with Crippen LogP contribution in [0.1, 0.15) is 29.0 Å². The van der Waals surface area contributed by atoms with Gasteiger partial charge in [-0.15, -0.1) is 0 Å². The maximum absolute atomic E-state index is 6.77. The van der Waals surface area contributed by atoms with Gasteiger partial charge in [0.2, 0.25) is 0 Å². The molecule has 0 aliphatic carbocycles. The van der Waals surface area contributed by atoms with Crippen molar-refractivity contribution in [2.24, 2.45) is 0 Å². The lowest BCUT2D eigenvalue weighted by molar-refractivity contribution is 0.268. The third-order valence-corrected chi connectivity index (χ3v) is 11.4. The first-order valence-electron chi connectivity index (χ1n) is 17.2. The Morgan fingerprint density at radius 2 is 1.42 bits per heavy atom. The second-order valence-electron chi connectivity index (χ2n) is 13.8. The number of hydrogen-bond donors (Lipinski definition) is 0. The summed E-state index contributed by atoms with van der Waals surface area (Å²) in [6, 6.07) is 31.3. The normalized spacial score (nSPS) is 26.0. The van der Waals surface area contributed by atoms with Crippen molar-refractivity contribution < 1.29 is 4.42 Å². The number of rotatable bonds is 0. The molecule has 4 unspecified atom stereocenters. The molecule has 0 radical (unpaired) electrons. The molecule has 4 atom stereocenters. The van der Waals surface area contributed by atoms with Gasteiger partial charge in [-0.05, 0) is 53.0 Å². The van der Waals surface area contributed by atoms with Gasteiger partial charge in [0.05, 0.1) is 5.69 Å². The molecule has 0 N–H and O–H groups in total. The van der Waals surface area contributed by atoms with E-state index in [4.69, 9.17) is 4.42 Å². The SMILES string of the molecule is CN1C=CN2c3c(ccc4c3oc3ccccc34)C3/C(=C/C4N5C=CN4c4ccccc4CC4N(C=CN4c4ccccc43)CCC5)C12. The van der Waals surface area contributed by atoms with Crippen LogP contribution in [-0.2, 0) is 6.42 Å². The summed E-state index contributed by atoms with van der Waals surface area (Å²) in [6.07, 6.45) is 18.6. The maximum Gasteiger partial charge on any atom is 0.159 e. The van der Waals surface area contributed by atoms with Crippen LogP contribution in [0.4, 0.5) is 17.1 Å². The van der Waals surface area contributed by atoms with Crippen molar-refractivity contribution in [2.75, 3.05) is 34.8 Å². The van der Waals surface area contributed by atoms with Crippen LogP contribution in [-0.4, -0.2) is 53.3 Å². The minimum Gasteiger partial charge on any atom is -0.454 e. The fourth-order valence-corrected chi connectivity index (χ4v) is 9.28. The fraction of sp³-hybridized carbons (Fsp3) is 0.220. The molecule has 4 aromatic carbocycles. The van der Waals surface area contributed by atoms with Gasteiger partial charge in [0.25, 0.3) is 0 Å². The average Bonchev–Trinajstić information content (AvgIpc) is 3.89. The second-order valence-corrected chi connectivity index (χ2v) is 13.8. The van der Waals surface area contributed by atoms with Crippen molar-refractivity contribution in [1.82, 2.24) is 14.7 Å². The highest BCUT2D eigenvalue weighted by Crippen LogP contribution is 2.54. The molecule has 6 aliphatic heterocycles. The highest BCUT2D eigenvalue weighted by Gasteiger charge is 2.45. The zero-order chi connectivity index (χ0) is 31.5. The van der Waals surface area contributed by atoms with Gasteiger partial charge in [-0.3, -0.25) is 0 Å². The summed E-state index contributed by atoms with van der Waals surface area (Å²) < 4.78 is 6.77. The van der Waals surface area contributed by atoms with E-state index < -0.39 is 0 Å². The first-order chi connectivity index (χ1) is 23.7. The highest BCUT2D eigenvalue weighted by molar-refractivity contribution is 6.10. The van der Waals surface area contributed by atoms with E-state index in [1.165, 1.54) is 39.3 Å². The van der Waals surface area contributed by atoms with Gasteiger partial charge in [0.1, 0.15) is 24.1 Å². The van der Waals surface area contributed by atoms with E-state index in [9.17, 15) is 0 Å². The van der Waals surface area contributed by atoms with E-state index in [1.54, 1.807) is 0 Å². The minimum absolute atomic E-state index is 0.00314. The molecular formula is C41H36N6O. The van der Waals surface area contributed by atoms with Crippen LogP contribution in [0.25, 0.3) is 21.9 Å². The molecule has 0 saturated heterocycles. The number of benzene rings is 4. The molecule has 6 aliphatic rings. The van der Waals surface area contributed by atoms with E-state index in [0.717, 1.165) is 47.9 Å². The summed E-state index contributed by atoms with van der Waals surface area (Å²) in [6.45, 7) is 1.99. The summed E-state index contributed by atoms with van der Waals surface area (Å²) in [4.78, 5) is 15.0. The molecule has 4 bridgehead atoms. The van der Waals surface area contributed by atoms with Crippen LogP contribution in [0.15, 0.2) is 138 Å². The van der Waals surface area contributed by atoms with E-state index in [1.807, 2.05) is 0 Å². The second kappa shape index (κ2) is 9.73. The highest BCUT2D eigenvalue weighted by atomic mass is 16.3. The molecule has 5 aromatic rings. The number of para-hydroxylation sites is 3. The Labute approximate surface area is 280 Å². The lowest BCUT2D eigenvalue weighted by atomic mass is 9.77. The van der Waals surface area contributed by atoms with Crippen LogP contribution in [0.3, 0.4) is 0 Å². The third kappa shape index (κ3) is 3.53. The Hall–Kier alpha value is -5.56. The number of fused-ring (bicyclic) bond motifs is 13. The maximum atomic E-state index is 6.77. The Balaban J connectivity index is 1.25. The van der Waals surface area contributed by atoms with Crippen molar-refractivity contribution in [2.45, 2.75) is 37.3 Å². The topological polar surface area (TPSA) is 32.6 Å². The van der Waals surface area contributed by atoms with Gasteiger partial charge >= 0.3 is 0 Å². The van der Waals surface area contributed by atoms with Gasteiger partial charge in [-0.25, -0.2) is 0 Å². The predicted molar refractivity (Wildman–Crippen MR) is 192 cm³/mol. The molecule has 0 amide bonds. The number of furan rings is 1. The summed E-state index contributed by atoms with van der Waals surface area (Å²) in [7, 11) is 2.22. The molecule has 7 heterocycles. The Bertz CT molecular complexity index is 2260. The number of hydrogen-bond acceptors (Lipinski definition) is 7. The number of anilines is 3. The summed E-state index contributed by atoms with van der Waals surface area (Å²) >= 11 is 0. The van der Waals surface area contributed by atoms with Crippen LogP contribution < -0.4 is 14.7 Å². The van der Waals surface area contributed by atoms with Crippen molar-refractivity contribution in [3.63, 3.8) is 0 Å². The Morgan fingerprint density at radius 3 is 2.38 bits per heavy atom. The zero-order valence-corrected chi connectivity index (χ0v) is 26.9. The van der Waals surface area contributed by atoms with Crippen molar-refractivity contribution in [3.05, 3.63) is 150 Å². The molecule has 0 spiro atoms. The van der Waals surface area contributed by atoms with Crippen molar-refractivity contribution in [3.8, 4) is 0 Å². The Morgan fingerprint density at radius 1 is 0.646 bits per heavy atom. The number of likely N-dealkylation sites (N-methyl/N-ethyl adjacent to an activating group) is 1. The van der Waals surface area contributed by atoms with Gasteiger partial charge < -0.3 is 33.8 Å². The minimum atomic E-state index is 0.00314. The smallest absolute Gasteiger partial charge is 0.159 e. The molecule has 7 nitrogen and oxygen atoms in total. The summed E-state index contributed by atoms with van der Waals surface area (Å²) in [5, 5.41) is 2.33. The lowest BCUT2D eigenvalue weighted by Crippen LogP contribution is -2.46. The van der Waals surface area contributed by atoms with E-state index in [-0.39, 0.29) is 24.4 Å². The summed E-state index contributed by atoms with van der Waals surface area (Å²) in [5.41, 5.74) is 11.0. The molecule has 0 saturated carbocycles. The van der Waals surface area contributed by atoms with Gasteiger partial charge in [0, 0.05) is 91.8 Å². The van der Waals surface area contributed by atoms with Crippen molar-refractivity contribution >= 4 is 39.0 Å².